The van der Waals surface area contributed by atoms with E-state index in [9.17, 15) is 18.8 Å². The number of nitrogens with one attached hydrogen (secondary N) is 1. The smallest absolute Gasteiger partial charge is 0.291 e. The summed E-state index contributed by atoms with van der Waals surface area (Å²) in [5.74, 6) is -1.67. The van der Waals surface area contributed by atoms with Crippen LogP contribution in [0.2, 0.25) is 0 Å². The van der Waals surface area contributed by atoms with Crippen molar-refractivity contribution in [1.29, 1.82) is 0 Å². The highest BCUT2D eigenvalue weighted by atomic mass is 35.5. The van der Waals surface area contributed by atoms with Gasteiger partial charge in [0.05, 0.1) is 12.6 Å². The normalized spacial score (nSPS) is 27.9. The number of hydrogen-bond acceptors (Lipinski definition) is 4. The van der Waals surface area contributed by atoms with E-state index in [1.807, 2.05) is 0 Å². The van der Waals surface area contributed by atoms with Crippen LogP contribution in [0.4, 0.5) is 4.39 Å². The van der Waals surface area contributed by atoms with Gasteiger partial charge in [0.2, 0.25) is 5.91 Å². The Bertz CT molecular complexity index is 471. The van der Waals surface area contributed by atoms with E-state index in [0.717, 1.165) is 25.2 Å². The monoisotopic (exact) mass is 334 g/mol. The third kappa shape index (κ3) is 3.67. The molecule has 3 fully saturated rings. The zero-order chi connectivity index (χ0) is 16.5. The second-order valence-corrected chi connectivity index (χ2v) is 6.66. The van der Waals surface area contributed by atoms with Gasteiger partial charge in [0, 0.05) is 6.42 Å². The fourth-order valence-electron chi connectivity index (χ4n) is 3.24. The van der Waals surface area contributed by atoms with Crippen LogP contribution in [0.25, 0.3) is 0 Å². The summed E-state index contributed by atoms with van der Waals surface area (Å²) in [5.41, 5.74) is 10.9. The van der Waals surface area contributed by atoms with Crippen LogP contribution >= 0.6 is 11.6 Å². The fraction of sp³-hybridized carbons (Fsp3) is 0.769. The van der Waals surface area contributed by atoms with Crippen LogP contribution in [-0.4, -0.2) is 40.9 Å². The highest BCUT2D eigenvalue weighted by Crippen LogP contribution is 2.66. The lowest BCUT2D eigenvalue weighted by molar-refractivity contribution is -0.147. The largest absolute Gasteiger partial charge is 0.370 e. The van der Waals surface area contributed by atoms with Crippen LogP contribution in [0.5, 0.6) is 0 Å². The molecule has 0 saturated heterocycles. The first-order valence-corrected chi connectivity index (χ1v) is 7.60. The first-order chi connectivity index (χ1) is 10.2. The SMILES string of the molecule is NC(=O)CCN(NC(=O)C(N)CC12CC(C1)C2)C(=O)C(F)Cl. The Morgan fingerprint density at radius 3 is 2.36 bits per heavy atom. The zero-order valence-electron chi connectivity index (χ0n) is 12.1. The Hall–Kier alpha value is -1.41. The number of carbonyl (C=O) groups excluding carboxylic acids is 3. The Balaban J connectivity index is 1.87. The summed E-state index contributed by atoms with van der Waals surface area (Å²) in [6.07, 6.45) is 3.58. The van der Waals surface area contributed by atoms with Crippen LogP contribution in [0.1, 0.15) is 32.1 Å². The van der Waals surface area contributed by atoms with Gasteiger partial charge >= 0.3 is 0 Å². The molecule has 3 amide bonds. The molecule has 2 atom stereocenters. The molecular weight excluding hydrogens is 315 g/mol. The molecule has 9 heteroatoms. The quantitative estimate of drug-likeness (QED) is 0.440. The Morgan fingerprint density at radius 1 is 1.36 bits per heavy atom. The standard InChI is InChI=1S/C13H20ClFN4O3/c14-10(15)12(22)19(2-1-9(17)20)18-11(21)8(16)6-13-3-7(4-13)5-13/h7-8,10H,1-6,16H2,(H2,17,20)(H,18,21). The summed E-state index contributed by atoms with van der Waals surface area (Å²) in [5, 5.41) is 0.659. The minimum atomic E-state index is -2.32. The van der Waals surface area contributed by atoms with Crippen molar-refractivity contribution < 1.29 is 18.8 Å². The summed E-state index contributed by atoms with van der Waals surface area (Å²) in [6, 6.07) is -0.793. The number of halogens is 2. The van der Waals surface area contributed by atoms with Crippen molar-refractivity contribution in [3.63, 3.8) is 0 Å². The van der Waals surface area contributed by atoms with Gasteiger partial charge in [-0.05, 0) is 37.0 Å². The van der Waals surface area contributed by atoms with Crippen LogP contribution in [0.15, 0.2) is 0 Å². The van der Waals surface area contributed by atoms with E-state index >= 15 is 0 Å². The molecule has 2 unspecified atom stereocenters. The van der Waals surface area contributed by atoms with E-state index in [0.29, 0.717) is 11.4 Å². The number of hydrazine groups is 1. The molecule has 0 aromatic carbocycles. The van der Waals surface area contributed by atoms with E-state index in [-0.39, 0.29) is 18.4 Å². The van der Waals surface area contributed by atoms with Gasteiger partial charge in [-0.3, -0.25) is 19.8 Å². The molecule has 7 nitrogen and oxygen atoms in total. The van der Waals surface area contributed by atoms with Crippen molar-refractivity contribution in [2.24, 2.45) is 22.8 Å². The van der Waals surface area contributed by atoms with Gasteiger partial charge in [-0.15, -0.1) is 0 Å². The van der Waals surface area contributed by atoms with Gasteiger partial charge in [-0.2, -0.15) is 0 Å². The molecule has 3 aliphatic rings. The molecule has 0 radical (unpaired) electrons. The molecule has 3 saturated carbocycles. The van der Waals surface area contributed by atoms with Gasteiger partial charge in [0.1, 0.15) is 0 Å². The molecule has 3 rings (SSSR count). The van der Waals surface area contributed by atoms with Crippen molar-refractivity contribution in [3.8, 4) is 0 Å². The van der Waals surface area contributed by atoms with Gasteiger partial charge in [-0.25, -0.2) is 9.40 Å². The molecule has 3 aliphatic carbocycles. The summed E-state index contributed by atoms with van der Waals surface area (Å²) in [4.78, 5) is 34.4. The number of hydrogen-bond donors (Lipinski definition) is 3. The maximum atomic E-state index is 12.9. The maximum absolute atomic E-state index is 12.9. The molecular formula is C13H20ClFN4O3. The van der Waals surface area contributed by atoms with Crippen molar-refractivity contribution in [2.45, 2.75) is 43.8 Å². The van der Waals surface area contributed by atoms with E-state index in [4.69, 9.17) is 23.1 Å². The fourth-order valence-corrected chi connectivity index (χ4v) is 3.36. The average molecular weight is 335 g/mol. The number of primary amides is 1. The van der Waals surface area contributed by atoms with Crippen molar-refractivity contribution in [2.75, 3.05) is 6.54 Å². The van der Waals surface area contributed by atoms with Crippen LogP contribution in [0, 0.1) is 11.3 Å². The highest BCUT2D eigenvalue weighted by molar-refractivity contribution is 6.29. The van der Waals surface area contributed by atoms with Crippen LogP contribution < -0.4 is 16.9 Å². The van der Waals surface area contributed by atoms with Gasteiger partial charge in [0.25, 0.3) is 17.4 Å². The van der Waals surface area contributed by atoms with Crippen molar-refractivity contribution in [3.05, 3.63) is 0 Å². The molecule has 0 aromatic rings. The Labute approximate surface area is 132 Å². The Morgan fingerprint density at radius 2 is 1.95 bits per heavy atom. The summed E-state index contributed by atoms with van der Waals surface area (Å²) in [6.45, 7) is -0.257. The first kappa shape index (κ1) is 17.0. The van der Waals surface area contributed by atoms with E-state index in [2.05, 4.69) is 5.43 Å². The van der Waals surface area contributed by atoms with Gasteiger partial charge in [-0.1, -0.05) is 11.6 Å². The average Bonchev–Trinajstić information content (AvgIpc) is 2.35. The minimum absolute atomic E-state index is 0.165. The van der Waals surface area contributed by atoms with E-state index < -0.39 is 29.4 Å². The lowest BCUT2D eigenvalue weighted by Gasteiger charge is -2.62. The number of nitrogens with zero attached hydrogens (tertiary/aromatic N) is 1. The number of amides is 3. The molecule has 124 valence electrons. The maximum Gasteiger partial charge on any atom is 0.291 e. The number of rotatable bonds is 7. The number of alkyl halides is 2. The summed E-state index contributed by atoms with van der Waals surface area (Å²) < 4.78 is 12.9. The zero-order valence-corrected chi connectivity index (χ0v) is 12.8. The summed E-state index contributed by atoms with van der Waals surface area (Å²) in [7, 11) is 0. The molecule has 5 N–H and O–H groups in total. The molecule has 0 aliphatic heterocycles. The first-order valence-electron chi connectivity index (χ1n) is 7.16. The minimum Gasteiger partial charge on any atom is -0.370 e. The molecule has 2 bridgehead atoms. The third-order valence-corrected chi connectivity index (χ3v) is 4.62. The van der Waals surface area contributed by atoms with Gasteiger partial charge < -0.3 is 11.5 Å². The second kappa shape index (κ2) is 6.37. The van der Waals surface area contributed by atoms with Gasteiger partial charge in [0.15, 0.2) is 0 Å². The summed E-state index contributed by atoms with van der Waals surface area (Å²) >= 11 is 5.09. The van der Waals surface area contributed by atoms with Crippen LogP contribution in [0.3, 0.4) is 0 Å². The highest BCUT2D eigenvalue weighted by Gasteiger charge is 2.56. The van der Waals surface area contributed by atoms with E-state index in [1.165, 1.54) is 0 Å². The Kier molecular flexibility index (Phi) is 4.91. The predicted octanol–water partition coefficient (Wildman–Crippen LogP) is -0.226. The number of nitrogens with two attached hydrogens (primary N) is 2. The predicted molar refractivity (Wildman–Crippen MR) is 76.8 cm³/mol. The second-order valence-electron chi connectivity index (χ2n) is 6.27. The van der Waals surface area contributed by atoms with Crippen molar-refractivity contribution in [1.82, 2.24) is 10.4 Å². The van der Waals surface area contributed by atoms with Crippen molar-refractivity contribution >= 4 is 29.3 Å². The topological polar surface area (TPSA) is 119 Å². The lowest BCUT2D eigenvalue weighted by Crippen LogP contribution is -2.59. The third-order valence-electron chi connectivity index (χ3n) is 4.43. The van der Waals surface area contributed by atoms with E-state index in [1.54, 1.807) is 0 Å². The molecule has 0 heterocycles. The molecule has 0 aromatic heterocycles. The lowest BCUT2D eigenvalue weighted by atomic mass is 9.43. The molecule has 0 spiro atoms. The number of carbonyl (C=O) groups is 3. The molecule has 22 heavy (non-hydrogen) atoms. The van der Waals surface area contributed by atoms with Crippen LogP contribution in [-0.2, 0) is 14.4 Å².